The molecule has 0 saturated heterocycles. The smallest absolute Gasteiger partial charge is 0.154 e. The summed E-state index contributed by atoms with van der Waals surface area (Å²) in [6.07, 6.45) is 0. The monoisotopic (exact) mass is 127 g/mol. The fourth-order valence-electron chi connectivity index (χ4n) is 0.809. The number of carbonyl (C=O) groups excluding carboxylic acids is 1. The first-order valence-corrected chi connectivity index (χ1v) is 3.06. The Bertz CT molecular complexity index is 118. The Morgan fingerprint density at radius 3 is 2.00 bits per heavy atom. The highest BCUT2D eigenvalue weighted by atomic mass is 16.1. The van der Waals surface area contributed by atoms with Crippen LogP contribution in [0.5, 0.6) is 0 Å². The lowest BCUT2D eigenvalue weighted by Crippen LogP contribution is -2.21. The predicted molar refractivity (Wildman–Crippen MR) is 38.9 cm³/mol. The normalized spacial score (nSPS) is 13.3. The first-order chi connectivity index (χ1) is 4.09. The second-order valence-electron chi connectivity index (χ2n) is 2.48. The zero-order chi connectivity index (χ0) is 7.44. The maximum Gasteiger partial charge on any atom is 0.154 e. The van der Waals surface area contributed by atoms with Crippen molar-refractivity contribution in [2.45, 2.75) is 26.8 Å². The van der Waals surface area contributed by atoms with Gasteiger partial charge in [-0.15, -0.1) is 0 Å². The van der Waals surface area contributed by atoms with Crippen LogP contribution in [0.1, 0.15) is 20.8 Å². The molecule has 0 aromatic carbocycles. The topological polar surface area (TPSA) is 29.4 Å². The first-order valence-electron chi connectivity index (χ1n) is 3.06. The Balaban J connectivity index is 3.98. The van der Waals surface area contributed by atoms with Gasteiger partial charge in [-0.25, -0.2) is 0 Å². The molecule has 52 valence electrons. The van der Waals surface area contributed by atoms with Gasteiger partial charge in [0.25, 0.3) is 0 Å². The van der Waals surface area contributed by atoms with Crippen molar-refractivity contribution < 1.29 is 4.79 Å². The van der Waals surface area contributed by atoms with Gasteiger partial charge in [-0.3, -0.25) is 9.79 Å². The maximum absolute atomic E-state index is 10.7. The summed E-state index contributed by atoms with van der Waals surface area (Å²) in [6, 6.07) is -0.204. The van der Waals surface area contributed by atoms with Gasteiger partial charge in [0.2, 0.25) is 0 Å². The van der Waals surface area contributed by atoms with Crippen molar-refractivity contribution in [3.05, 3.63) is 0 Å². The summed E-state index contributed by atoms with van der Waals surface area (Å²) in [5, 5.41) is 0. The number of hydrogen-bond donors (Lipinski definition) is 0. The van der Waals surface area contributed by atoms with E-state index in [0.29, 0.717) is 0 Å². The molecule has 0 aromatic heterocycles. The van der Waals surface area contributed by atoms with Crippen LogP contribution in [0.3, 0.4) is 0 Å². The largest absolute Gasteiger partial charge is 0.298 e. The van der Waals surface area contributed by atoms with Gasteiger partial charge in [0, 0.05) is 0 Å². The lowest BCUT2D eigenvalue weighted by atomic mass is 10.0. The highest BCUT2D eigenvalue weighted by Crippen LogP contribution is 2.05. The lowest BCUT2D eigenvalue weighted by Gasteiger charge is -2.10. The molecule has 0 spiro atoms. The molecule has 2 nitrogen and oxygen atoms in total. The van der Waals surface area contributed by atoms with Gasteiger partial charge in [0.05, 0.1) is 0 Å². The maximum atomic E-state index is 10.7. The van der Waals surface area contributed by atoms with Crippen molar-refractivity contribution >= 4 is 12.5 Å². The third-order valence-electron chi connectivity index (χ3n) is 1.24. The van der Waals surface area contributed by atoms with Crippen LogP contribution in [0.25, 0.3) is 0 Å². The van der Waals surface area contributed by atoms with Crippen molar-refractivity contribution in [1.29, 1.82) is 0 Å². The van der Waals surface area contributed by atoms with Gasteiger partial charge in [0.15, 0.2) is 5.78 Å². The molecule has 0 amide bonds. The summed E-state index contributed by atoms with van der Waals surface area (Å²) in [6.45, 7) is 8.79. The second-order valence-corrected chi connectivity index (χ2v) is 2.48. The molecule has 0 aliphatic carbocycles. The van der Waals surface area contributed by atoms with Gasteiger partial charge in [-0.1, -0.05) is 13.8 Å². The van der Waals surface area contributed by atoms with Crippen LogP contribution in [0.4, 0.5) is 0 Å². The van der Waals surface area contributed by atoms with Crippen molar-refractivity contribution in [2.24, 2.45) is 10.9 Å². The van der Waals surface area contributed by atoms with Crippen LogP contribution in [-0.4, -0.2) is 18.5 Å². The van der Waals surface area contributed by atoms with Crippen LogP contribution < -0.4 is 0 Å². The zero-order valence-corrected chi connectivity index (χ0v) is 6.22. The van der Waals surface area contributed by atoms with E-state index < -0.39 is 0 Å². The number of rotatable bonds is 3. The predicted octanol–water partition coefficient (Wildman–Crippen LogP) is 1.30. The molecule has 0 bridgehead atoms. The van der Waals surface area contributed by atoms with Crippen LogP contribution in [0.15, 0.2) is 4.99 Å². The fourth-order valence-corrected chi connectivity index (χ4v) is 0.809. The van der Waals surface area contributed by atoms with E-state index in [1.165, 1.54) is 0 Å². The van der Waals surface area contributed by atoms with Gasteiger partial charge in [-0.05, 0) is 19.6 Å². The third-order valence-corrected chi connectivity index (χ3v) is 1.24. The molecule has 9 heavy (non-hydrogen) atoms. The van der Waals surface area contributed by atoms with Crippen LogP contribution in [-0.2, 0) is 4.79 Å². The molecule has 0 saturated carbocycles. The first kappa shape index (κ1) is 8.34. The molecule has 0 rings (SSSR count). The van der Waals surface area contributed by atoms with Crippen LogP contribution in [0, 0.1) is 5.92 Å². The van der Waals surface area contributed by atoms with Crippen molar-refractivity contribution in [2.75, 3.05) is 0 Å². The van der Waals surface area contributed by atoms with Crippen LogP contribution in [0.2, 0.25) is 0 Å². The molecule has 0 N–H and O–H groups in total. The van der Waals surface area contributed by atoms with E-state index in [0.717, 1.165) is 0 Å². The summed E-state index contributed by atoms with van der Waals surface area (Å²) in [5.74, 6) is 0.375. The number of ketones is 1. The second kappa shape index (κ2) is 3.38. The molecular weight excluding hydrogens is 114 g/mol. The molecule has 0 aromatic rings. The molecular formula is C7H13NO. The number of hydrogen-bond acceptors (Lipinski definition) is 2. The summed E-state index contributed by atoms with van der Waals surface area (Å²) in [4.78, 5) is 14.4. The highest BCUT2D eigenvalue weighted by molar-refractivity contribution is 5.82. The third kappa shape index (κ3) is 2.40. The molecule has 0 unspecified atom stereocenters. The number of aliphatic imine (C=N–C) groups is 1. The standard InChI is InChI=1S/C7H13NO/c1-5(2)7(8-4)6(3)9/h5,7H,4H2,1-3H3/t7-/m0/s1. The molecule has 0 aliphatic heterocycles. The summed E-state index contributed by atoms with van der Waals surface area (Å²) in [7, 11) is 0. The highest BCUT2D eigenvalue weighted by Gasteiger charge is 2.14. The van der Waals surface area contributed by atoms with E-state index in [2.05, 4.69) is 11.7 Å². The average molecular weight is 127 g/mol. The molecule has 0 fully saturated rings. The van der Waals surface area contributed by atoms with Crippen molar-refractivity contribution in [1.82, 2.24) is 0 Å². The Morgan fingerprint density at radius 2 is 2.00 bits per heavy atom. The average Bonchev–Trinajstić information content (AvgIpc) is 1.64. The fraction of sp³-hybridized carbons (Fsp3) is 0.714. The zero-order valence-electron chi connectivity index (χ0n) is 6.22. The van der Waals surface area contributed by atoms with E-state index in [1.807, 2.05) is 13.8 Å². The van der Waals surface area contributed by atoms with Gasteiger partial charge in [-0.2, -0.15) is 0 Å². The Morgan fingerprint density at radius 1 is 1.56 bits per heavy atom. The molecule has 0 heterocycles. The summed E-state index contributed by atoms with van der Waals surface area (Å²) in [5.41, 5.74) is 0. The van der Waals surface area contributed by atoms with E-state index in [9.17, 15) is 4.79 Å². The molecule has 2 heteroatoms. The van der Waals surface area contributed by atoms with Gasteiger partial charge < -0.3 is 0 Å². The van der Waals surface area contributed by atoms with Crippen molar-refractivity contribution in [3.8, 4) is 0 Å². The van der Waals surface area contributed by atoms with Crippen LogP contribution >= 0.6 is 0 Å². The minimum absolute atomic E-state index is 0.0972. The van der Waals surface area contributed by atoms with E-state index in [4.69, 9.17) is 0 Å². The van der Waals surface area contributed by atoms with Gasteiger partial charge >= 0.3 is 0 Å². The number of Topliss-reactive ketones (excluding diaryl/α,β-unsaturated/α-hetero) is 1. The van der Waals surface area contributed by atoms with Crippen molar-refractivity contribution in [3.63, 3.8) is 0 Å². The molecule has 1 atom stereocenters. The molecule has 0 radical (unpaired) electrons. The minimum Gasteiger partial charge on any atom is -0.298 e. The van der Waals surface area contributed by atoms with E-state index in [-0.39, 0.29) is 17.7 Å². The number of nitrogens with zero attached hydrogens (tertiary/aromatic N) is 1. The molecule has 0 aliphatic rings. The summed E-state index contributed by atoms with van der Waals surface area (Å²) < 4.78 is 0. The SMILES string of the molecule is C=N[C@H](C(C)=O)C(C)C. The minimum atomic E-state index is -0.204. The van der Waals surface area contributed by atoms with E-state index in [1.54, 1.807) is 6.92 Å². The Hall–Kier alpha value is -0.660. The number of carbonyl (C=O) groups is 1. The lowest BCUT2D eigenvalue weighted by molar-refractivity contribution is -0.118. The quantitative estimate of drug-likeness (QED) is 0.525. The Kier molecular flexibility index (Phi) is 3.13. The summed E-state index contributed by atoms with van der Waals surface area (Å²) >= 11 is 0. The Labute approximate surface area is 56.0 Å². The van der Waals surface area contributed by atoms with Gasteiger partial charge in [0.1, 0.15) is 6.04 Å². The van der Waals surface area contributed by atoms with E-state index >= 15 is 0 Å².